The van der Waals surface area contributed by atoms with Crippen molar-refractivity contribution in [3.8, 4) is 0 Å². The molecule has 1 aliphatic rings. The minimum absolute atomic E-state index is 0.0362. The van der Waals surface area contributed by atoms with Gasteiger partial charge in [-0.25, -0.2) is 0 Å². The Kier molecular flexibility index (Phi) is 5.95. The number of carbonyl (C=O) groups is 2. The molecule has 5 nitrogen and oxygen atoms in total. The van der Waals surface area contributed by atoms with Crippen LogP contribution in [-0.2, 0) is 9.59 Å². The van der Waals surface area contributed by atoms with Crippen LogP contribution in [0, 0.1) is 5.92 Å². The van der Waals surface area contributed by atoms with Gasteiger partial charge in [0.05, 0.1) is 6.54 Å². The van der Waals surface area contributed by atoms with Gasteiger partial charge in [0, 0.05) is 24.3 Å². The van der Waals surface area contributed by atoms with E-state index in [4.69, 9.17) is 0 Å². The number of anilines is 2. The maximum Gasteiger partial charge on any atom is 0.238 e. The Labute approximate surface area is 131 Å². The van der Waals surface area contributed by atoms with Gasteiger partial charge in [0.25, 0.3) is 0 Å². The zero-order chi connectivity index (χ0) is 15.9. The Morgan fingerprint density at radius 3 is 2.09 bits per heavy atom. The number of benzene rings is 1. The van der Waals surface area contributed by atoms with Crippen LogP contribution in [0.3, 0.4) is 0 Å². The van der Waals surface area contributed by atoms with Crippen molar-refractivity contribution in [3.05, 3.63) is 24.3 Å². The minimum atomic E-state index is -0.109. The molecule has 1 aromatic carbocycles. The predicted molar refractivity (Wildman–Crippen MR) is 88.8 cm³/mol. The zero-order valence-electron chi connectivity index (χ0n) is 13.3. The monoisotopic (exact) mass is 303 g/mol. The SMILES string of the molecule is CC(=O)Nc1ccc(NC(=O)CNC2CCC(C)CC2)cc1. The Balaban J connectivity index is 1.73. The normalized spacial score (nSPS) is 21.2. The van der Waals surface area contributed by atoms with Crippen LogP contribution in [0.1, 0.15) is 39.5 Å². The quantitative estimate of drug-likeness (QED) is 0.783. The summed E-state index contributed by atoms with van der Waals surface area (Å²) in [7, 11) is 0. The summed E-state index contributed by atoms with van der Waals surface area (Å²) in [5, 5.41) is 8.88. The Morgan fingerprint density at radius 1 is 1.00 bits per heavy atom. The van der Waals surface area contributed by atoms with Crippen molar-refractivity contribution in [2.45, 2.75) is 45.6 Å². The molecule has 1 fully saturated rings. The third-order valence-corrected chi connectivity index (χ3v) is 4.06. The van der Waals surface area contributed by atoms with E-state index in [0.29, 0.717) is 12.6 Å². The Hall–Kier alpha value is -1.88. The molecule has 0 atom stereocenters. The molecule has 3 N–H and O–H groups in total. The molecule has 0 aliphatic heterocycles. The first-order valence-electron chi connectivity index (χ1n) is 7.94. The third kappa shape index (κ3) is 5.48. The maximum atomic E-state index is 11.9. The maximum absolute atomic E-state index is 11.9. The first kappa shape index (κ1) is 16.5. The van der Waals surface area contributed by atoms with Crippen LogP contribution in [-0.4, -0.2) is 24.4 Å². The average Bonchev–Trinajstić information content (AvgIpc) is 2.48. The van der Waals surface area contributed by atoms with E-state index in [1.807, 2.05) is 0 Å². The lowest BCUT2D eigenvalue weighted by Gasteiger charge is -2.26. The highest BCUT2D eigenvalue weighted by atomic mass is 16.2. The van der Waals surface area contributed by atoms with Gasteiger partial charge < -0.3 is 16.0 Å². The smallest absolute Gasteiger partial charge is 0.238 e. The summed E-state index contributed by atoms with van der Waals surface area (Å²) in [6.45, 7) is 4.09. The molecule has 0 spiro atoms. The van der Waals surface area contributed by atoms with E-state index >= 15 is 0 Å². The lowest BCUT2D eigenvalue weighted by molar-refractivity contribution is -0.116. The molecule has 1 aliphatic carbocycles. The van der Waals surface area contributed by atoms with Crippen molar-refractivity contribution in [1.82, 2.24) is 5.32 Å². The molecule has 22 heavy (non-hydrogen) atoms. The van der Waals surface area contributed by atoms with Gasteiger partial charge in [-0.15, -0.1) is 0 Å². The molecule has 1 aromatic rings. The van der Waals surface area contributed by atoms with E-state index in [-0.39, 0.29) is 11.8 Å². The molecule has 0 heterocycles. The average molecular weight is 303 g/mol. The van der Waals surface area contributed by atoms with Crippen LogP contribution in [0.25, 0.3) is 0 Å². The molecule has 2 rings (SSSR count). The first-order valence-corrected chi connectivity index (χ1v) is 7.94. The zero-order valence-corrected chi connectivity index (χ0v) is 13.3. The fourth-order valence-electron chi connectivity index (χ4n) is 2.75. The van der Waals surface area contributed by atoms with E-state index in [9.17, 15) is 9.59 Å². The number of nitrogens with one attached hydrogen (secondary N) is 3. The van der Waals surface area contributed by atoms with Gasteiger partial charge in [0.1, 0.15) is 0 Å². The van der Waals surface area contributed by atoms with Crippen LogP contribution in [0.5, 0.6) is 0 Å². The van der Waals surface area contributed by atoms with Crippen LogP contribution in [0.2, 0.25) is 0 Å². The topological polar surface area (TPSA) is 70.2 Å². The van der Waals surface area contributed by atoms with Gasteiger partial charge in [0.2, 0.25) is 11.8 Å². The number of amides is 2. The number of hydrogen-bond donors (Lipinski definition) is 3. The minimum Gasteiger partial charge on any atom is -0.326 e. The molecule has 0 bridgehead atoms. The molecular formula is C17H25N3O2. The summed E-state index contributed by atoms with van der Waals surface area (Å²) < 4.78 is 0. The van der Waals surface area contributed by atoms with E-state index in [1.165, 1.54) is 19.8 Å². The van der Waals surface area contributed by atoms with Gasteiger partial charge in [-0.2, -0.15) is 0 Å². The second kappa shape index (κ2) is 7.94. The number of hydrogen-bond acceptors (Lipinski definition) is 3. The fourth-order valence-corrected chi connectivity index (χ4v) is 2.75. The van der Waals surface area contributed by atoms with E-state index in [1.54, 1.807) is 24.3 Å². The van der Waals surface area contributed by atoms with Gasteiger partial charge in [-0.1, -0.05) is 6.92 Å². The lowest BCUT2D eigenvalue weighted by Crippen LogP contribution is -2.38. The first-order chi connectivity index (χ1) is 10.5. The summed E-state index contributed by atoms with van der Waals surface area (Å²) in [6, 6.07) is 7.57. The third-order valence-electron chi connectivity index (χ3n) is 4.06. The van der Waals surface area contributed by atoms with Crippen molar-refractivity contribution in [2.24, 2.45) is 5.92 Å². The van der Waals surface area contributed by atoms with Crippen LogP contribution in [0.4, 0.5) is 11.4 Å². The highest BCUT2D eigenvalue weighted by molar-refractivity contribution is 5.93. The van der Waals surface area contributed by atoms with Crippen molar-refractivity contribution in [3.63, 3.8) is 0 Å². The predicted octanol–water partition coefficient (Wildman–Crippen LogP) is 2.75. The summed E-state index contributed by atoms with van der Waals surface area (Å²) in [6.07, 6.45) is 4.79. The molecule has 2 amide bonds. The van der Waals surface area contributed by atoms with Crippen molar-refractivity contribution < 1.29 is 9.59 Å². The largest absolute Gasteiger partial charge is 0.326 e. The highest BCUT2D eigenvalue weighted by Gasteiger charge is 2.18. The Bertz CT molecular complexity index is 505. The van der Waals surface area contributed by atoms with Crippen molar-refractivity contribution >= 4 is 23.2 Å². The van der Waals surface area contributed by atoms with E-state index in [0.717, 1.165) is 30.1 Å². The van der Waals surface area contributed by atoms with E-state index < -0.39 is 0 Å². The van der Waals surface area contributed by atoms with Gasteiger partial charge in [0.15, 0.2) is 0 Å². The van der Waals surface area contributed by atoms with Crippen molar-refractivity contribution in [1.29, 1.82) is 0 Å². The van der Waals surface area contributed by atoms with Gasteiger partial charge in [-0.05, 0) is 55.9 Å². The molecule has 0 saturated heterocycles. The van der Waals surface area contributed by atoms with Crippen LogP contribution < -0.4 is 16.0 Å². The van der Waals surface area contributed by atoms with Gasteiger partial charge >= 0.3 is 0 Å². The summed E-state index contributed by atoms with van der Waals surface area (Å²) >= 11 is 0. The highest BCUT2D eigenvalue weighted by Crippen LogP contribution is 2.23. The van der Waals surface area contributed by atoms with Crippen LogP contribution >= 0.6 is 0 Å². The van der Waals surface area contributed by atoms with Crippen LogP contribution in [0.15, 0.2) is 24.3 Å². The molecule has 120 valence electrons. The molecule has 5 heteroatoms. The molecule has 0 aromatic heterocycles. The number of carbonyl (C=O) groups excluding carboxylic acids is 2. The van der Waals surface area contributed by atoms with Crippen molar-refractivity contribution in [2.75, 3.05) is 17.2 Å². The van der Waals surface area contributed by atoms with E-state index in [2.05, 4.69) is 22.9 Å². The Morgan fingerprint density at radius 2 is 1.55 bits per heavy atom. The summed E-state index contributed by atoms with van der Waals surface area (Å²) in [5.74, 6) is 0.669. The fraction of sp³-hybridized carbons (Fsp3) is 0.529. The lowest BCUT2D eigenvalue weighted by atomic mass is 9.87. The number of rotatable bonds is 5. The molecule has 0 unspecified atom stereocenters. The molecule has 1 saturated carbocycles. The second-order valence-electron chi connectivity index (χ2n) is 6.14. The summed E-state index contributed by atoms with van der Waals surface area (Å²) in [4.78, 5) is 22.9. The standard InChI is InChI=1S/C17H25N3O2/c1-12-3-5-14(6-4-12)18-11-17(22)20-16-9-7-15(8-10-16)19-13(2)21/h7-10,12,14,18H,3-6,11H2,1-2H3,(H,19,21)(H,20,22). The second-order valence-corrected chi connectivity index (χ2v) is 6.14. The molecule has 0 radical (unpaired) electrons. The van der Waals surface area contributed by atoms with Gasteiger partial charge in [-0.3, -0.25) is 9.59 Å². The molecular weight excluding hydrogens is 278 g/mol. The summed E-state index contributed by atoms with van der Waals surface area (Å²) in [5.41, 5.74) is 1.46.